The van der Waals surface area contributed by atoms with Crippen molar-refractivity contribution in [1.29, 1.82) is 0 Å². The number of guanidine groups is 1. The third-order valence-corrected chi connectivity index (χ3v) is 3.70. The summed E-state index contributed by atoms with van der Waals surface area (Å²) in [6, 6.07) is 10.5. The third-order valence-electron chi connectivity index (χ3n) is 2.73. The first-order valence-electron chi connectivity index (χ1n) is 6.27. The highest BCUT2D eigenvalue weighted by atomic mass is 127. The number of nitrogens with zero attached hydrogens (tertiary/aromatic N) is 1. The Hall–Kier alpha value is -0.430. The lowest BCUT2D eigenvalue weighted by Gasteiger charge is -2.14. The minimum Gasteiger partial charge on any atom is -0.356 e. The summed E-state index contributed by atoms with van der Waals surface area (Å²) in [6.07, 6.45) is 3.14. The van der Waals surface area contributed by atoms with Gasteiger partial charge in [0.2, 0.25) is 0 Å². The molecule has 1 atom stereocenters. The van der Waals surface area contributed by atoms with Crippen LogP contribution in [0.3, 0.4) is 0 Å². The van der Waals surface area contributed by atoms with Gasteiger partial charge in [-0.05, 0) is 18.2 Å². The van der Waals surface area contributed by atoms with Gasteiger partial charge >= 0.3 is 0 Å². The zero-order valence-corrected chi connectivity index (χ0v) is 15.0. The molecule has 3 nitrogen and oxygen atoms in total. The van der Waals surface area contributed by atoms with Crippen LogP contribution >= 0.6 is 35.7 Å². The van der Waals surface area contributed by atoms with E-state index in [0.29, 0.717) is 5.25 Å². The molecule has 2 N–H and O–H groups in total. The number of nitrogens with one attached hydrogen (secondary N) is 2. The molecular formula is C14H24IN3S. The summed E-state index contributed by atoms with van der Waals surface area (Å²) in [4.78, 5) is 4.21. The second-order valence-corrected chi connectivity index (χ2v) is 5.44. The summed E-state index contributed by atoms with van der Waals surface area (Å²) in [6.45, 7) is 4.04. The van der Waals surface area contributed by atoms with Gasteiger partial charge < -0.3 is 10.6 Å². The summed E-state index contributed by atoms with van der Waals surface area (Å²) in [5.41, 5.74) is 1.35. The van der Waals surface area contributed by atoms with Crippen molar-refractivity contribution >= 4 is 41.7 Å². The Kier molecular flexibility index (Phi) is 11.1. The quantitative estimate of drug-likeness (QED) is 0.443. The molecule has 0 radical (unpaired) electrons. The summed E-state index contributed by atoms with van der Waals surface area (Å²) in [7, 11) is 1.81. The van der Waals surface area contributed by atoms with Crippen LogP contribution in [0.5, 0.6) is 0 Å². The van der Waals surface area contributed by atoms with E-state index in [4.69, 9.17) is 0 Å². The molecule has 1 aromatic carbocycles. The van der Waals surface area contributed by atoms with Gasteiger partial charge in [0, 0.05) is 25.4 Å². The van der Waals surface area contributed by atoms with Gasteiger partial charge in [0.15, 0.2) is 5.96 Å². The van der Waals surface area contributed by atoms with Gasteiger partial charge in [0.25, 0.3) is 0 Å². The van der Waals surface area contributed by atoms with E-state index in [1.54, 1.807) is 0 Å². The number of aliphatic imine (C=N–C) groups is 1. The van der Waals surface area contributed by atoms with Crippen LogP contribution in [0.4, 0.5) is 0 Å². The molecule has 19 heavy (non-hydrogen) atoms. The molecule has 0 aromatic heterocycles. The Bertz CT molecular complexity index is 357. The van der Waals surface area contributed by atoms with Crippen molar-refractivity contribution in [2.75, 3.05) is 26.4 Å². The summed E-state index contributed by atoms with van der Waals surface area (Å²) in [5, 5.41) is 7.25. The maximum atomic E-state index is 4.21. The molecule has 0 bridgehead atoms. The third kappa shape index (κ3) is 8.36. The SMILES string of the molecule is CN=C(NCCc1ccccc1)NCC(C)SC.I. The van der Waals surface area contributed by atoms with Crippen LogP contribution in [-0.2, 0) is 6.42 Å². The van der Waals surface area contributed by atoms with Crippen molar-refractivity contribution in [1.82, 2.24) is 10.6 Å². The predicted molar refractivity (Wildman–Crippen MR) is 97.9 cm³/mol. The lowest BCUT2D eigenvalue weighted by atomic mass is 10.1. The molecule has 1 unspecified atom stereocenters. The fourth-order valence-corrected chi connectivity index (χ4v) is 1.76. The minimum atomic E-state index is 0. The van der Waals surface area contributed by atoms with E-state index in [1.165, 1.54) is 5.56 Å². The van der Waals surface area contributed by atoms with Crippen molar-refractivity contribution in [3.8, 4) is 0 Å². The highest BCUT2D eigenvalue weighted by molar-refractivity contribution is 14.0. The Morgan fingerprint density at radius 3 is 2.53 bits per heavy atom. The topological polar surface area (TPSA) is 36.4 Å². The zero-order chi connectivity index (χ0) is 13.2. The second-order valence-electron chi connectivity index (χ2n) is 4.16. The number of hydrogen-bond donors (Lipinski definition) is 2. The monoisotopic (exact) mass is 393 g/mol. The summed E-state index contributed by atoms with van der Waals surface area (Å²) >= 11 is 1.85. The molecule has 0 saturated heterocycles. The molecule has 0 saturated carbocycles. The van der Waals surface area contributed by atoms with Crippen molar-refractivity contribution < 1.29 is 0 Å². The van der Waals surface area contributed by atoms with E-state index < -0.39 is 0 Å². The summed E-state index contributed by atoms with van der Waals surface area (Å²) in [5.74, 6) is 0.881. The Morgan fingerprint density at radius 2 is 1.95 bits per heavy atom. The molecule has 5 heteroatoms. The van der Waals surface area contributed by atoms with E-state index in [9.17, 15) is 0 Å². The van der Waals surface area contributed by atoms with Crippen molar-refractivity contribution in [3.05, 3.63) is 35.9 Å². The largest absolute Gasteiger partial charge is 0.356 e. The molecule has 0 fully saturated rings. The highest BCUT2D eigenvalue weighted by Crippen LogP contribution is 2.02. The van der Waals surface area contributed by atoms with Crippen LogP contribution < -0.4 is 10.6 Å². The molecule has 0 amide bonds. The Morgan fingerprint density at radius 1 is 1.26 bits per heavy atom. The Labute approximate surface area is 138 Å². The van der Waals surface area contributed by atoms with Gasteiger partial charge in [-0.15, -0.1) is 24.0 Å². The van der Waals surface area contributed by atoms with E-state index >= 15 is 0 Å². The fraction of sp³-hybridized carbons (Fsp3) is 0.500. The van der Waals surface area contributed by atoms with Gasteiger partial charge in [-0.3, -0.25) is 4.99 Å². The first-order valence-corrected chi connectivity index (χ1v) is 7.56. The van der Waals surface area contributed by atoms with Crippen LogP contribution in [0, 0.1) is 0 Å². The van der Waals surface area contributed by atoms with Crippen LogP contribution in [0.2, 0.25) is 0 Å². The number of halogens is 1. The molecule has 0 spiro atoms. The molecule has 108 valence electrons. The van der Waals surface area contributed by atoms with Crippen molar-refractivity contribution in [2.24, 2.45) is 4.99 Å². The molecule has 0 aliphatic heterocycles. The van der Waals surface area contributed by atoms with E-state index in [1.807, 2.05) is 24.9 Å². The standard InChI is InChI=1S/C14H23N3S.HI/c1-12(18-3)11-17-14(15-2)16-10-9-13-7-5-4-6-8-13;/h4-8,12H,9-11H2,1-3H3,(H2,15,16,17);1H. The lowest BCUT2D eigenvalue weighted by Crippen LogP contribution is -2.40. The number of thioether (sulfide) groups is 1. The first-order chi connectivity index (χ1) is 8.76. The van der Waals surface area contributed by atoms with Crippen molar-refractivity contribution in [2.45, 2.75) is 18.6 Å². The number of rotatable bonds is 6. The maximum Gasteiger partial charge on any atom is 0.191 e. The maximum absolute atomic E-state index is 4.21. The molecule has 1 aromatic rings. The molecule has 0 aliphatic rings. The van der Waals surface area contributed by atoms with Gasteiger partial charge in [0.05, 0.1) is 0 Å². The number of benzene rings is 1. The highest BCUT2D eigenvalue weighted by Gasteiger charge is 2.01. The smallest absolute Gasteiger partial charge is 0.191 e. The van der Waals surface area contributed by atoms with E-state index in [0.717, 1.165) is 25.5 Å². The summed E-state index contributed by atoms with van der Waals surface area (Å²) < 4.78 is 0. The van der Waals surface area contributed by atoms with Crippen LogP contribution in [0.1, 0.15) is 12.5 Å². The van der Waals surface area contributed by atoms with Gasteiger partial charge in [-0.1, -0.05) is 37.3 Å². The molecule has 0 aliphatic carbocycles. The normalized spacial score (nSPS) is 12.5. The average Bonchev–Trinajstić information content (AvgIpc) is 2.43. The molecule has 1 rings (SSSR count). The average molecular weight is 393 g/mol. The minimum absolute atomic E-state index is 0. The van der Waals surface area contributed by atoms with E-state index in [-0.39, 0.29) is 24.0 Å². The predicted octanol–water partition coefficient (Wildman–Crippen LogP) is 2.76. The molecule has 0 heterocycles. The van der Waals surface area contributed by atoms with Crippen LogP contribution in [0.15, 0.2) is 35.3 Å². The lowest BCUT2D eigenvalue weighted by molar-refractivity contribution is 0.781. The van der Waals surface area contributed by atoms with Gasteiger partial charge in [-0.25, -0.2) is 0 Å². The van der Waals surface area contributed by atoms with E-state index in [2.05, 4.69) is 53.1 Å². The van der Waals surface area contributed by atoms with Gasteiger partial charge in [-0.2, -0.15) is 11.8 Å². The van der Waals surface area contributed by atoms with Crippen LogP contribution in [0.25, 0.3) is 0 Å². The fourth-order valence-electron chi connectivity index (χ4n) is 1.51. The number of hydrogen-bond acceptors (Lipinski definition) is 2. The van der Waals surface area contributed by atoms with Crippen LogP contribution in [-0.4, -0.2) is 37.6 Å². The second kappa shape index (κ2) is 11.4. The Balaban J connectivity index is 0.00000324. The van der Waals surface area contributed by atoms with Crippen molar-refractivity contribution in [3.63, 3.8) is 0 Å². The van der Waals surface area contributed by atoms with Gasteiger partial charge in [0.1, 0.15) is 0 Å². The first kappa shape index (κ1) is 18.6. The molecular weight excluding hydrogens is 369 g/mol. The zero-order valence-electron chi connectivity index (χ0n) is 11.8.